The normalized spacial score (nSPS) is 10.2. The van der Waals surface area contributed by atoms with Crippen LogP contribution in [0, 0.1) is 12.7 Å². The van der Waals surface area contributed by atoms with Gasteiger partial charge in [-0.1, -0.05) is 29.3 Å². The molecule has 2 rings (SSSR count). The Morgan fingerprint density at radius 3 is 2.20 bits per heavy atom. The van der Waals surface area contributed by atoms with E-state index in [1.165, 1.54) is 6.07 Å². The first-order chi connectivity index (χ1) is 9.45. The van der Waals surface area contributed by atoms with Crippen LogP contribution in [0.4, 0.5) is 15.8 Å². The van der Waals surface area contributed by atoms with E-state index in [-0.39, 0.29) is 5.82 Å². The van der Waals surface area contributed by atoms with Gasteiger partial charge in [-0.3, -0.25) is 0 Å². The van der Waals surface area contributed by atoms with E-state index in [4.69, 9.17) is 35.4 Å². The van der Waals surface area contributed by atoms with Gasteiger partial charge in [-0.15, -0.1) is 0 Å². The van der Waals surface area contributed by atoms with Gasteiger partial charge in [-0.25, -0.2) is 4.39 Å². The second-order valence-corrected chi connectivity index (χ2v) is 5.39. The molecule has 0 bridgehead atoms. The molecular formula is C14H11Cl2FN2S. The highest BCUT2D eigenvalue weighted by Gasteiger charge is 2.04. The van der Waals surface area contributed by atoms with Crippen LogP contribution in [0.1, 0.15) is 5.56 Å². The lowest BCUT2D eigenvalue weighted by atomic mass is 10.2. The van der Waals surface area contributed by atoms with Crippen molar-refractivity contribution in [3.05, 3.63) is 57.8 Å². The molecule has 0 aliphatic rings. The molecule has 0 fully saturated rings. The minimum atomic E-state index is -0.285. The molecule has 0 aliphatic heterocycles. The van der Waals surface area contributed by atoms with Gasteiger partial charge in [0.05, 0.1) is 10.0 Å². The maximum Gasteiger partial charge on any atom is 0.175 e. The van der Waals surface area contributed by atoms with E-state index in [2.05, 4.69) is 10.6 Å². The number of benzene rings is 2. The lowest BCUT2D eigenvalue weighted by Gasteiger charge is -2.11. The van der Waals surface area contributed by atoms with Gasteiger partial charge < -0.3 is 10.6 Å². The standard InChI is InChI=1S/C14H11Cl2FN2S/c1-8-2-3-10(7-13(8)17)19-14(20)18-9-4-5-11(15)12(16)6-9/h2-7H,1H3,(H2,18,19,20). The number of hydrogen-bond acceptors (Lipinski definition) is 1. The maximum absolute atomic E-state index is 13.4. The van der Waals surface area contributed by atoms with Crippen molar-refractivity contribution >= 4 is 51.9 Å². The first-order valence-electron chi connectivity index (χ1n) is 5.75. The average Bonchev–Trinajstić information content (AvgIpc) is 2.38. The highest BCUT2D eigenvalue weighted by atomic mass is 35.5. The minimum absolute atomic E-state index is 0.285. The Kier molecular flexibility index (Phi) is 4.81. The van der Waals surface area contributed by atoms with Crippen molar-refractivity contribution in [1.82, 2.24) is 0 Å². The molecule has 0 radical (unpaired) electrons. The molecule has 6 heteroatoms. The Balaban J connectivity index is 2.04. The van der Waals surface area contributed by atoms with Gasteiger partial charge in [0.25, 0.3) is 0 Å². The minimum Gasteiger partial charge on any atom is -0.332 e. The third-order valence-corrected chi connectivity index (χ3v) is 3.55. The summed E-state index contributed by atoms with van der Waals surface area (Å²) in [6, 6.07) is 9.89. The quantitative estimate of drug-likeness (QED) is 0.736. The summed E-state index contributed by atoms with van der Waals surface area (Å²) < 4.78 is 13.4. The van der Waals surface area contributed by atoms with Crippen LogP contribution in [0.15, 0.2) is 36.4 Å². The number of anilines is 2. The SMILES string of the molecule is Cc1ccc(NC(=S)Nc2ccc(Cl)c(Cl)c2)cc1F. The van der Waals surface area contributed by atoms with Gasteiger partial charge in [-0.05, 0) is 55.0 Å². The van der Waals surface area contributed by atoms with Crippen LogP contribution < -0.4 is 10.6 Å². The molecule has 0 heterocycles. The van der Waals surface area contributed by atoms with Gasteiger partial charge in [0.15, 0.2) is 5.11 Å². The highest BCUT2D eigenvalue weighted by Crippen LogP contribution is 2.25. The fraction of sp³-hybridized carbons (Fsp3) is 0.0714. The van der Waals surface area contributed by atoms with Crippen molar-refractivity contribution in [1.29, 1.82) is 0 Å². The molecule has 2 aromatic rings. The number of halogens is 3. The summed E-state index contributed by atoms with van der Waals surface area (Å²) in [7, 11) is 0. The molecule has 2 nitrogen and oxygen atoms in total. The second-order valence-electron chi connectivity index (χ2n) is 4.17. The fourth-order valence-electron chi connectivity index (χ4n) is 1.54. The summed E-state index contributed by atoms with van der Waals surface area (Å²) in [5.74, 6) is -0.285. The second kappa shape index (κ2) is 6.39. The zero-order valence-electron chi connectivity index (χ0n) is 10.5. The van der Waals surface area contributed by atoms with Gasteiger partial charge in [0.2, 0.25) is 0 Å². The predicted molar refractivity (Wildman–Crippen MR) is 87.4 cm³/mol. The van der Waals surface area contributed by atoms with Gasteiger partial charge in [-0.2, -0.15) is 0 Å². The van der Waals surface area contributed by atoms with Crippen LogP contribution in [0.25, 0.3) is 0 Å². The lowest BCUT2D eigenvalue weighted by Crippen LogP contribution is -2.19. The number of aryl methyl sites for hydroxylation is 1. The van der Waals surface area contributed by atoms with E-state index < -0.39 is 0 Å². The van der Waals surface area contributed by atoms with Crippen LogP contribution >= 0.6 is 35.4 Å². The van der Waals surface area contributed by atoms with Gasteiger partial charge in [0.1, 0.15) is 5.82 Å². The summed E-state index contributed by atoms with van der Waals surface area (Å²) in [6.07, 6.45) is 0. The van der Waals surface area contributed by atoms with E-state index in [9.17, 15) is 4.39 Å². The molecule has 0 aliphatic carbocycles. The van der Waals surface area contributed by atoms with Crippen molar-refractivity contribution in [2.24, 2.45) is 0 Å². The maximum atomic E-state index is 13.4. The van der Waals surface area contributed by atoms with Crippen molar-refractivity contribution in [2.75, 3.05) is 10.6 Å². The third kappa shape index (κ3) is 3.82. The Labute approximate surface area is 131 Å². The molecule has 2 N–H and O–H groups in total. The summed E-state index contributed by atoms with van der Waals surface area (Å²) >= 11 is 16.9. The third-order valence-electron chi connectivity index (χ3n) is 2.61. The van der Waals surface area contributed by atoms with Crippen LogP contribution in [0.3, 0.4) is 0 Å². The number of thiocarbonyl (C=S) groups is 1. The number of hydrogen-bond donors (Lipinski definition) is 2. The number of rotatable bonds is 2. The molecular weight excluding hydrogens is 318 g/mol. The van der Waals surface area contributed by atoms with Crippen LogP contribution in [0.2, 0.25) is 10.0 Å². The zero-order chi connectivity index (χ0) is 14.7. The Morgan fingerprint density at radius 1 is 1.00 bits per heavy atom. The molecule has 0 atom stereocenters. The first kappa shape index (κ1) is 15.0. The Morgan fingerprint density at radius 2 is 1.60 bits per heavy atom. The van der Waals surface area contributed by atoms with Gasteiger partial charge >= 0.3 is 0 Å². The van der Waals surface area contributed by atoms with Crippen molar-refractivity contribution in [3.8, 4) is 0 Å². The van der Waals surface area contributed by atoms with Crippen molar-refractivity contribution in [2.45, 2.75) is 6.92 Å². The Hall–Kier alpha value is -1.36. The lowest BCUT2D eigenvalue weighted by molar-refractivity contribution is 0.619. The Bertz CT molecular complexity index is 606. The summed E-state index contributed by atoms with van der Waals surface area (Å²) in [6.45, 7) is 1.70. The van der Waals surface area contributed by atoms with E-state index >= 15 is 0 Å². The van der Waals surface area contributed by atoms with E-state index in [0.717, 1.165) is 0 Å². The molecule has 0 saturated carbocycles. The average molecular weight is 329 g/mol. The monoisotopic (exact) mass is 328 g/mol. The highest BCUT2D eigenvalue weighted by molar-refractivity contribution is 7.80. The number of nitrogens with one attached hydrogen (secondary N) is 2. The molecule has 0 unspecified atom stereocenters. The van der Waals surface area contributed by atoms with Crippen LogP contribution in [-0.4, -0.2) is 5.11 Å². The first-order valence-corrected chi connectivity index (χ1v) is 6.91. The summed E-state index contributed by atoms with van der Waals surface area (Å²) in [5.41, 5.74) is 1.86. The molecule has 0 saturated heterocycles. The van der Waals surface area contributed by atoms with Crippen LogP contribution in [0.5, 0.6) is 0 Å². The smallest absolute Gasteiger partial charge is 0.175 e. The van der Waals surface area contributed by atoms with E-state index in [1.54, 1.807) is 37.3 Å². The molecule has 0 aromatic heterocycles. The molecule has 20 heavy (non-hydrogen) atoms. The van der Waals surface area contributed by atoms with Crippen molar-refractivity contribution < 1.29 is 4.39 Å². The molecule has 0 spiro atoms. The van der Waals surface area contributed by atoms with Crippen molar-refractivity contribution in [3.63, 3.8) is 0 Å². The van der Waals surface area contributed by atoms with Gasteiger partial charge in [0, 0.05) is 11.4 Å². The fourth-order valence-corrected chi connectivity index (χ4v) is 2.07. The summed E-state index contributed by atoms with van der Waals surface area (Å²) in [4.78, 5) is 0. The molecule has 0 amide bonds. The summed E-state index contributed by atoms with van der Waals surface area (Å²) in [5, 5.41) is 7.08. The zero-order valence-corrected chi connectivity index (χ0v) is 12.8. The topological polar surface area (TPSA) is 24.1 Å². The predicted octanol–water partition coefficient (Wildman–Crippen LogP) is 5.25. The van der Waals surface area contributed by atoms with Crippen LogP contribution in [-0.2, 0) is 0 Å². The largest absolute Gasteiger partial charge is 0.332 e. The molecule has 104 valence electrons. The molecule has 2 aromatic carbocycles. The van der Waals surface area contributed by atoms with E-state index in [0.29, 0.717) is 32.1 Å². The van der Waals surface area contributed by atoms with E-state index in [1.807, 2.05) is 0 Å².